The van der Waals surface area contributed by atoms with Crippen molar-refractivity contribution in [2.45, 2.75) is 58.2 Å². The molecule has 0 aromatic heterocycles. The number of likely N-dealkylation sites (N-methyl/N-ethyl adjacent to an activating group) is 1. The highest BCUT2D eigenvalue weighted by molar-refractivity contribution is 6.33. The lowest BCUT2D eigenvalue weighted by Gasteiger charge is -2.41. The quantitative estimate of drug-likeness (QED) is 0.870. The first-order valence-electron chi connectivity index (χ1n) is 8.88. The van der Waals surface area contributed by atoms with Gasteiger partial charge in [0.05, 0.1) is 23.3 Å². The summed E-state index contributed by atoms with van der Waals surface area (Å²) in [5.74, 6) is -0.0947. The van der Waals surface area contributed by atoms with E-state index < -0.39 is 0 Å². The molecule has 1 aromatic carbocycles. The van der Waals surface area contributed by atoms with Gasteiger partial charge < -0.3 is 10.2 Å². The molecule has 1 aliphatic heterocycles. The van der Waals surface area contributed by atoms with Gasteiger partial charge in [0.15, 0.2) is 0 Å². The number of carbonyl (C=O) groups is 2. The van der Waals surface area contributed by atoms with Crippen molar-refractivity contribution in [1.82, 2.24) is 9.80 Å². The van der Waals surface area contributed by atoms with Gasteiger partial charge >= 0.3 is 0 Å². The smallest absolute Gasteiger partial charge is 0.240 e. The Kier molecular flexibility index (Phi) is 6.85. The topological polar surface area (TPSA) is 52.7 Å². The van der Waals surface area contributed by atoms with E-state index in [4.69, 9.17) is 11.6 Å². The van der Waals surface area contributed by atoms with Crippen LogP contribution >= 0.6 is 11.6 Å². The highest BCUT2D eigenvalue weighted by Crippen LogP contribution is 2.24. The molecule has 0 spiro atoms. The largest absolute Gasteiger partial charge is 0.336 e. The van der Waals surface area contributed by atoms with E-state index in [1.807, 2.05) is 24.0 Å². The summed E-state index contributed by atoms with van der Waals surface area (Å²) in [5, 5.41) is 3.29. The van der Waals surface area contributed by atoms with Gasteiger partial charge in [0, 0.05) is 12.1 Å². The van der Waals surface area contributed by atoms with E-state index in [-0.39, 0.29) is 36.5 Å². The Morgan fingerprint density at radius 2 is 1.88 bits per heavy atom. The molecule has 0 radical (unpaired) electrons. The number of carbonyl (C=O) groups excluding carboxylic acids is 2. The second kappa shape index (κ2) is 8.68. The molecular formula is C19H28ClN3O2. The van der Waals surface area contributed by atoms with Crippen LogP contribution in [0.1, 0.15) is 40.0 Å². The van der Waals surface area contributed by atoms with Gasteiger partial charge in [0.25, 0.3) is 0 Å². The number of rotatable bonds is 5. The summed E-state index contributed by atoms with van der Waals surface area (Å²) in [6.45, 7) is 6.20. The van der Waals surface area contributed by atoms with Gasteiger partial charge in [-0.1, -0.05) is 23.7 Å². The molecule has 0 aliphatic carbocycles. The number of amides is 2. The third kappa shape index (κ3) is 4.95. The summed E-state index contributed by atoms with van der Waals surface area (Å²) in [7, 11) is 1.80. The summed E-state index contributed by atoms with van der Waals surface area (Å²) in [5.41, 5.74) is 0.583. The monoisotopic (exact) mass is 365 g/mol. The fourth-order valence-corrected chi connectivity index (χ4v) is 3.56. The maximum atomic E-state index is 12.9. The first-order chi connectivity index (χ1) is 11.8. The number of hydrogen-bond acceptors (Lipinski definition) is 3. The standard InChI is InChI=1S/C19H28ClN3O2/c1-13-8-7-9-14(2)23(13)19(25)15(3)22(4)12-18(24)21-17-11-6-5-10-16(17)20/h5-6,10-11,13-15H,7-9,12H2,1-4H3,(H,21,24)/t13-,14+,15-/m1/s1. The molecule has 1 aromatic rings. The molecule has 0 bridgehead atoms. The number of nitrogens with zero attached hydrogens (tertiary/aromatic N) is 2. The minimum atomic E-state index is -0.347. The van der Waals surface area contributed by atoms with Gasteiger partial charge in [0.2, 0.25) is 11.8 Å². The molecule has 6 heteroatoms. The molecular weight excluding hydrogens is 338 g/mol. The number of halogens is 1. The van der Waals surface area contributed by atoms with Crippen molar-refractivity contribution in [3.63, 3.8) is 0 Å². The third-order valence-corrected chi connectivity index (χ3v) is 5.34. The number of anilines is 1. The molecule has 0 unspecified atom stereocenters. The van der Waals surface area contributed by atoms with E-state index in [1.54, 1.807) is 24.1 Å². The lowest BCUT2D eigenvalue weighted by molar-refractivity contribution is -0.142. The molecule has 1 heterocycles. The Bertz CT molecular complexity index is 612. The van der Waals surface area contributed by atoms with E-state index in [2.05, 4.69) is 19.2 Å². The van der Waals surface area contributed by atoms with Crippen molar-refractivity contribution < 1.29 is 9.59 Å². The molecule has 1 fully saturated rings. The van der Waals surface area contributed by atoms with Crippen LogP contribution in [0.5, 0.6) is 0 Å². The lowest BCUT2D eigenvalue weighted by Crippen LogP contribution is -2.54. The Balaban J connectivity index is 1.95. The predicted molar refractivity (Wildman–Crippen MR) is 102 cm³/mol. The van der Waals surface area contributed by atoms with Crippen LogP contribution in [0.3, 0.4) is 0 Å². The first kappa shape index (κ1) is 19.7. The summed E-state index contributed by atoms with van der Waals surface area (Å²) < 4.78 is 0. The molecule has 5 nitrogen and oxygen atoms in total. The van der Waals surface area contributed by atoms with Crippen LogP contribution in [-0.4, -0.2) is 53.3 Å². The number of nitrogens with one attached hydrogen (secondary N) is 1. The Labute approximate surface area is 155 Å². The van der Waals surface area contributed by atoms with Gasteiger partial charge in [-0.3, -0.25) is 14.5 Å². The van der Waals surface area contributed by atoms with Crippen LogP contribution in [0.25, 0.3) is 0 Å². The summed E-state index contributed by atoms with van der Waals surface area (Å²) in [6, 6.07) is 7.27. The third-order valence-electron chi connectivity index (χ3n) is 5.01. The maximum absolute atomic E-state index is 12.9. The molecule has 2 rings (SSSR count). The molecule has 1 N–H and O–H groups in total. The molecule has 25 heavy (non-hydrogen) atoms. The van der Waals surface area contributed by atoms with Crippen LogP contribution in [0, 0.1) is 0 Å². The van der Waals surface area contributed by atoms with Gasteiger partial charge in [-0.05, 0) is 59.2 Å². The normalized spacial score (nSPS) is 21.9. The minimum absolute atomic E-state index is 0.0905. The molecule has 1 aliphatic rings. The van der Waals surface area contributed by atoms with Crippen molar-refractivity contribution >= 4 is 29.1 Å². The maximum Gasteiger partial charge on any atom is 0.240 e. The SMILES string of the molecule is C[C@H](C(=O)N1[C@H](C)CCC[C@@H]1C)N(C)CC(=O)Nc1ccccc1Cl. The molecule has 2 amide bonds. The molecule has 1 saturated heterocycles. The summed E-state index contributed by atoms with van der Waals surface area (Å²) in [4.78, 5) is 28.9. The molecule has 138 valence electrons. The first-order valence-corrected chi connectivity index (χ1v) is 9.25. The average molecular weight is 366 g/mol. The van der Waals surface area contributed by atoms with Crippen molar-refractivity contribution in [2.75, 3.05) is 18.9 Å². The lowest BCUT2D eigenvalue weighted by atomic mass is 9.96. The van der Waals surface area contributed by atoms with Gasteiger partial charge in [-0.25, -0.2) is 0 Å². The van der Waals surface area contributed by atoms with E-state index in [0.29, 0.717) is 10.7 Å². The number of hydrogen-bond donors (Lipinski definition) is 1. The van der Waals surface area contributed by atoms with Crippen LogP contribution < -0.4 is 5.32 Å². The number of likely N-dealkylation sites (tertiary alicyclic amines) is 1. The molecule has 0 saturated carbocycles. The van der Waals surface area contributed by atoms with Gasteiger partial charge in [-0.15, -0.1) is 0 Å². The fourth-order valence-electron chi connectivity index (χ4n) is 3.38. The van der Waals surface area contributed by atoms with Crippen LogP contribution in [-0.2, 0) is 9.59 Å². The second-order valence-corrected chi connectivity index (χ2v) is 7.40. The van der Waals surface area contributed by atoms with Crippen molar-refractivity contribution in [3.05, 3.63) is 29.3 Å². The fraction of sp³-hybridized carbons (Fsp3) is 0.579. The molecule has 3 atom stereocenters. The summed E-state index contributed by atoms with van der Waals surface area (Å²) in [6.07, 6.45) is 3.25. The van der Waals surface area contributed by atoms with Crippen molar-refractivity contribution in [3.8, 4) is 0 Å². The highest BCUT2D eigenvalue weighted by atomic mass is 35.5. The minimum Gasteiger partial charge on any atom is -0.336 e. The Morgan fingerprint density at radius 3 is 2.48 bits per heavy atom. The van der Waals surface area contributed by atoms with E-state index >= 15 is 0 Å². The Morgan fingerprint density at radius 1 is 1.28 bits per heavy atom. The van der Waals surface area contributed by atoms with Gasteiger partial charge in [-0.2, -0.15) is 0 Å². The zero-order valence-corrected chi connectivity index (χ0v) is 16.2. The predicted octanol–water partition coefficient (Wildman–Crippen LogP) is 3.39. The van der Waals surface area contributed by atoms with E-state index in [9.17, 15) is 9.59 Å². The number of para-hydroxylation sites is 1. The van der Waals surface area contributed by atoms with Crippen molar-refractivity contribution in [1.29, 1.82) is 0 Å². The number of benzene rings is 1. The van der Waals surface area contributed by atoms with Crippen LogP contribution in [0.2, 0.25) is 5.02 Å². The zero-order valence-electron chi connectivity index (χ0n) is 15.5. The van der Waals surface area contributed by atoms with E-state index in [1.165, 1.54) is 0 Å². The van der Waals surface area contributed by atoms with Crippen molar-refractivity contribution in [2.24, 2.45) is 0 Å². The van der Waals surface area contributed by atoms with Gasteiger partial charge in [0.1, 0.15) is 0 Å². The highest BCUT2D eigenvalue weighted by Gasteiger charge is 2.33. The van der Waals surface area contributed by atoms with Crippen LogP contribution in [0.15, 0.2) is 24.3 Å². The number of piperidine rings is 1. The Hall–Kier alpha value is -1.59. The average Bonchev–Trinajstić information content (AvgIpc) is 2.55. The van der Waals surface area contributed by atoms with Crippen LogP contribution in [0.4, 0.5) is 5.69 Å². The summed E-state index contributed by atoms with van der Waals surface area (Å²) >= 11 is 6.06. The second-order valence-electron chi connectivity index (χ2n) is 6.99. The zero-order chi connectivity index (χ0) is 18.6. The van der Waals surface area contributed by atoms with E-state index in [0.717, 1.165) is 19.3 Å².